The summed E-state index contributed by atoms with van der Waals surface area (Å²) < 4.78 is 14.8. The smallest absolute Gasteiger partial charge is 0.237 e. The number of anilines is 2. The first-order valence-corrected chi connectivity index (χ1v) is 8.81. The number of hydrogen-bond acceptors (Lipinski definition) is 5. The lowest BCUT2D eigenvalue weighted by atomic mass is 9.67. The molecule has 1 unspecified atom stereocenters. The molecule has 0 saturated heterocycles. The van der Waals surface area contributed by atoms with Crippen molar-refractivity contribution < 1.29 is 9.18 Å². The van der Waals surface area contributed by atoms with Crippen molar-refractivity contribution >= 4 is 23.2 Å². The second kappa shape index (κ2) is 6.64. The normalized spacial score (nSPS) is 21.1. The van der Waals surface area contributed by atoms with E-state index < -0.39 is 16.8 Å². The molecule has 2 aromatic carbocycles. The van der Waals surface area contributed by atoms with E-state index in [2.05, 4.69) is 16.4 Å². The van der Waals surface area contributed by atoms with Gasteiger partial charge in [0.05, 0.1) is 17.0 Å². The number of halogens is 1. The first kappa shape index (κ1) is 19.4. The Morgan fingerprint density at radius 3 is 2.54 bits per heavy atom. The Balaban J connectivity index is 2.08. The van der Waals surface area contributed by atoms with E-state index in [1.807, 2.05) is 6.07 Å². The molecule has 0 radical (unpaired) electrons. The SMILES string of the molecule is CN1C(=O)C(C)(C)C(C)(c2cc(Nc3cccc(C#N)c3)ccc2F)N=C1N. The summed E-state index contributed by atoms with van der Waals surface area (Å²) in [5, 5.41) is 12.2. The van der Waals surface area contributed by atoms with Gasteiger partial charge < -0.3 is 11.1 Å². The van der Waals surface area contributed by atoms with Gasteiger partial charge in [0.1, 0.15) is 11.4 Å². The lowest BCUT2D eigenvalue weighted by molar-refractivity contribution is -0.140. The van der Waals surface area contributed by atoms with Crippen molar-refractivity contribution in [1.29, 1.82) is 5.26 Å². The monoisotopic (exact) mass is 379 g/mol. The Morgan fingerprint density at radius 1 is 1.18 bits per heavy atom. The van der Waals surface area contributed by atoms with Gasteiger partial charge in [-0.3, -0.25) is 9.69 Å². The number of nitrogens with two attached hydrogens (primary N) is 1. The minimum atomic E-state index is -1.18. The molecular weight excluding hydrogens is 357 g/mol. The number of amides is 1. The van der Waals surface area contributed by atoms with Gasteiger partial charge in [-0.05, 0) is 57.2 Å². The van der Waals surface area contributed by atoms with Gasteiger partial charge in [-0.1, -0.05) is 6.07 Å². The summed E-state index contributed by atoms with van der Waals surface area (Å²) in [4.78, 5) is 18.6. The van der Waals surface area contributed by atoms with E-state index in [9.17, 15) is 9.18 Å². The van der Waals surface area contributed by atoms with E-state index in [0.717, 1.165) is 0 Å². The molecule has 0 aliphatic carbocycles. The molecule has 1 aliphatic heterocycles. The Hall–Kier alpha value is -3.40. The highest BCUT2D eigenvalue weighted by atomic mass is 19.1. The summed E-state index contributed by atoms with van der Waals surface area (Å²) in [5.74, 6) is -0.658. The van der Waals surface area contributed by atoms with Crippen LogP contribution >= 0.6 is 0 Å². The molecule has 144 valence electrons. The van der Waals surface area contributed by atoms with Gasteiger partial charge in [0.25, 0.3) is 0 Å². The molecular formula is C21H22FN5O. The molecule has 28 heavy (non-hydrogen) atoms. The Labute approximate surface area is 163 Å². The first-order valence-electron chi connectivity index (χ1n) is 8.81. The predicted octanol–water partition coefficient (Wildman–Crippen LogP) is 3.47. The van der Waals surface area contributed by atoms with Crippen LogP contribution in [0.15, 0.2) is 47.5 Å². The Kier molecular flexibility index (Phi) is 4.59. The van der Waals surface area contributed by atoms with E-state index in [0.29, 0.717) is 16.9 Å². The largest absolute Gasteiger partial charge is 0.369 e. The minimum absolute atomic E-state index is 0.0475. The van der Waals surface area contributed by atoms with Crippen LogP contribution < -0.4 is 11.1 Å². The third-order valence-electron chi connectivity index (χ3n) is 5.51. The fraction of sp³-hybridized carbons (Fsp3) is 0.286. The zero-order valence-corrected chi connectivity index (χ0v) is 16.2. The molecule has 0 saturated carbocycles. The molecule has 3 N–H and O–H groups in total. The Morgan fingerprint density at radius 2 is 1.86 bits per heavy atom. The van der Waals surface area contributed by atoms with Crippen LogP contribution in [0.3, 0.4) is 0 Å². The van der Waals surface area contributed by atoms with Crippen LogP contribution in [0.5, 0.6) is 0 Å². The zero-order valence-electron chi connectivity index (χ0n) is 16.2. The topological polar surface area (TPSA) is 94.5 Å². The second-order valence-corrected chi connectivity index (χ2v) is 7.54. The van der Waals surface area contributed by atoms with E-state index in [1.54, 1.807) is 58.2 Å². The third kappa shape index (κ3) is 2.97. The number of benzene rings is 2. The lowest BCUT2D eigenvalue weighted by Gasteiger charge is -2.46. The van der Waals surface area contributed by atoms with E-state index in [1.165, 1.54) is 11.0 Å². The zero-order chi connectivity index (χ0) is 20.7. The van der Waals surface area contributed by atoms with Crippen molar-refractivity contribution in [2.75, 3.05) is 12.4 Å². The standard InChI is InChI=1S/C21H22FN5O/c1-20(2)18(28)27(4)19(24)26-21(20,3)16-11-15(8-9-17(16)22)25-14-7-5-6-13(10-14)12-23/h5-11,25H,1-4H3,(H2,24,26). The maximum absolute atomic E-state index is 14.8. The van der Waals surface area contributed by atoms with Crippen LogP contribution in [0.1, 0.15) is 31.9 Å². The molecule has 0 spiro atoms. The highest BCUT2D eigenvalue weighted by Crippen LogP contribution is 2.47. The number of carbonyl (C=O) groups excluding carboxylic acids is 1. The summed E-state index contributed by atoms with van der Waals surface area (Å²) in [6.07, 6.45) is 0. The van der Waals surface area contributed by atoms with Crippen LogP contribution in [0, 0.1) is 22.6 Å². The summed E-state index contributed by atoms with van der Waals surface area (Å²) >= 11 is 0. The fourth-order valence-electron chi connectivity index (χ4n) is 3.38. The second-order valence-electron chi connectivity index (χ2n) is 7.54. The predicted molar refractivity (Wildman–Crippen MR) is 106 cm³/mol. The summed E-state index contributed by atoms with van der Waals surface area (Å²) in [7, 11) is 1.55. The van der Waals surface area contributed by atoms with E-state index in [4.69, 9.17) is 11.0 Å². The molecule has 0 aromatic heterocycles. The van der Waals surface area contributed by atoms with Crippen molar-refractivity contribution in [3.05, 3.63) is 59.4 Å². The minimum Gasteiger partial charge on any atom is -0.369 e. The number of carbonyl (C=O) groups is 1. The quantitative estimate of drug-likeness (QED) is 0.854. The van der Waals surface area contributed by atoms with Gasteiger partial charge in [-0.2, -0.15) is 5.26 Å². The van der Waals surface area contributed by atoms with Gasteiger partial charge in [0, 0.05) is 24.0 Å². The maximum Gasteiger partial charge on any atom is 0.237 e. The molecule has 1 aliphatic rings. The number of nitrogens with one attached hydrogen (secondary N) is 1. The van der Waals surface area contributed by atoms with Gasteiger partial charge >= 0.3 is 0 Å². The molecule has 1 atom stereocenters. The van der Waals surface area contributed by atoms with E-state index in [-0.39, 0.29) is 17.4 Å². The summed E-state index contributed by atoms with van der Waals surface area (Å²) in [5.41, 5.74) is 5.83. The van der Waals surface area contributed by atoms with Crippen LogP contribution in [-0.4, -0.2) is 23.8 Å². The van der Waals surface area contributed by atoms with Crippen LogP contribution in [0.2, 0.25) is 0 Å². The van der Waals surface area contributed by atoms with Crippen molar-refractivity contribution in [3.63, 3.8) is 0 Å². The molecule has 2 aromatic rings. The summed E-state index contributed by atoms with van der Waals surface area (Å²) in [6, 6.07) is 13.6. The molecule has 1 amide bonds. The van der Waals surface area contributed by atoms with Crippen LogP contribution in [0.25, 0.3) is 0 Å². The molecule has 6 nitrogen and oxygen atoms in total. The van der Waals surface area contributed by atoms with Gasteiger partial charge in [-0.25, -0.2) is 9.38 Å². The molecule has 0 fully saturated rings. The van der Waals surface area contributed by atoms with Crippen LogP contribution in [-0.2, 0) is 10.3 Å². The molecule has 7 heteroatoms. The summed E-state index contributed by atoms with van der Waals surface area (Å²) in [6.45, 7) is 5.18. The molecule has 0 bridgehead atoms. The van der Waals surface area contributed by atoms with Crippen molar-refractivity contribution in [2.45, 2.75) is 26.3 Å². The highest BCUT2D eigenvalue weighted by Gasteiger charge is 2.53. The van der Waals surface area contributed by atoms with Crippen molar-refractivity contribution in [3.8, 4) is 6.07 Å². The fourth-order valence-corrected chi connectivity index (χ4v) is 3.38. The number of aliphatic imine (C=N–C) groups is 1. The van der Waals surface area contributed by atoms with Crippen molar-refractivity contribution in [2.24, 2.45) is 16.1 Å². The number of hydrogen-bond donors (Lipinski definition) is 2. The highest BCUT2D eigenvalue weighted by molar-refractivity contribution is 6.01. The van der Waals surface area contributed by atoms with E-state index >= 15 is 0 Å². The van der Waals surface area contributed by atoms with Gasteiger partial charge in [0.15, 0.2) is 5.96 Å². The average molecular weight is 379 g/mol. The van der Waals surface area contributed by atoms with Gasteiger partial charge in [-0.15, -0.1) is 0 Å². The Bertz CT molecular complexity index is 1020. The van der Waals surface area contributed by atoms with Crippen LogP contribution in [0.4, 0.5) is 15.8 Å². The van der Waals surface area contributed by atoms with Gasteiger partial charge in [0.2, 0.25) is 5.91 Å². The van der Waals surface area contributed by atoms with Crippen molar-refractivity contribution in [1.82, 2.24) is 4.90 Å². The average Bonchev–Trinajstić information content (AvgIpc) is 2.67. The number of nitriles is 1. The number of nitrogens with zero attached hydrogens (tertiary/aromatic N) is 3. The number of rotatable bonds is 3. The lowest BCUT2D eigenvalue weighted by Crippen LogP contribution is -2.58. The first-order chi connectivity index (χ1) is 13.1. The maximum atomic E-state index is 14.8. The number of guanidine groups is 1. The molecule has 3 rings (SSSR count). The third-order valence-corrected chi connectivity index (χ3v) is 5.51. The molecule has 1 heterocycles.